The molecule has 11 atom stereocenters. The van der Waals surface area contributed by atoms with Gasteiger partial charge in [0, 0.05) is 25.3 Å². The van der Waals surface area contributed by atoms with Crippen molar-refractivity contribution in [2.75, 3.05) is 32.1 Å². The molecular weight excluding hydrogens is 1090 g/mol. The van der Waals surface area contributed by atoms with E-state index in [1.54, 1.807) is 13.8 Å². The molecule has 33 nitrogen and oxygen atoms in total. The largest absolute Gasteiger partial charge is 0.508 e. The van der Waals surface area contributed by atoms with Gasteiger partial charge >= 0.3 is 5.97 Å². The summed E-state index contributed by atoms with van der Waals surface area (Å²) in [6, 6.07) is -10.4. The Labute approximate surface area is 471 Å². The first-order valence-electron chi connectivity index (χ1n) is 25.4. The third-order valence-electron chi connectivity index (χ3n) is 11.6. The summed E-state index contributed by atoms with van der Waals surface area (Å²) in [6.07, 6.45) is -2.48. The van der Waals surface area contributed by atoms with Crippen LogP contribution in [0.25, 0.3) is 0 Å². The number of nitrogens with two attached hydrogens (primary N) is 4. The third-order valence-corrected chi connectivity index (χ3v) is 12.0. The number of aliphatic carboxylic acids is 1. The van der Waals surface area contributed by atoms with Crippen LogP contribution >= 0.6 is 12.6 Å². The van der Waals surface area contributed by atoms with Crippen LogP contribution in [0.3, 0.4) is 0 Å². The van der Waals surface area contributed by atoms with E-state index in [-0.39, 0.29) is 62.8 Å². The highest BCUT2D eigenvalue weighted by molar-refractivity contribution is 7.80. The van der Waals surface area contributed by atoms with Gasteiger partial charge in [-0.15, -0.1) is 0 Å². The lowest BCUT2D eigenvalue weighted by Crippen LogP contribution is -2.61. The van der Waals surface area contributed by atoms with Gasteiger partial charge in [0.25, 0.3) is 0 Å². The highest BCUT2D eigenvalue weighted by atomic mass is 32.1. The summed E-state index contributed by atoms with van der Waals surface area (Å²) < 4.78 is 0. The zero-order valence-corrected chi connectivity index (χ0v) is 46.1. The fraction of sp³-hybridized carbons (Fsp3) is 0.596. The van der Waals surface area contributed by atoms with Gasteiger partial charge in [-0.3, -0.25) is 58.8 Å². The minimum absolute atomic E-state index is 0.00896. The van der Waals surface area contributed by atoms with Crippen LogP contribution in [-0.4, -0.2) is 201 Å². The van der Waals surface area contributed by atoms with Crippen LogP contribution < -0.4 is 81.4 Å². The van der Waals surface area contributed by atoms with Crippen molar-refractivity contribution in [3.05, 3.63) is 29.8 Å². The SMILES string of the molecule is CC(C)C[C@H](NC(=O)[C@@H](NC(=O)[C@@H](N)CCCNC(=N)N)[C@@H](C)O)C(=O)N[C@@H](C)C(=O)N[C@@H](CO)C(=O)N[C@@H](CCCNC(=N)N)C(=O)N[C@@H](CO)C(=O)N[C@@H](CC(N)=O)C(=O)N[C@@H](CS)C(=O)N[C@@H](Cc1ccc(O)cc1)C(=O)O. The highest BCUT2D eigenvalue weighted by Gasteiger charge is 2.36. The molecule has 1 aromatic carbocycles. The maximum absolute atomic E-state index is 13.8. The van der Waals surface area contributed by atoms with E-state index in [0.717, 1.165) is 0 Å². The zero-order valence-electron chi connectivity index (χ0n) is 45.2. The summed E-state index contributed by atoms with van der Waals surface area (Å²) in [6.45, 7) is 3.80. The normalized spacial score (nSPS) is 15.0. The standard InChI is InChI=1S/C47H79N17O16S/c1-21(2)15-28(59-44(78)35(23(4)67)64-37(71)26(48)7-5-13-54-46(50)51)39(73)56-22(3)36(70)61-31(18-65)41(75)57-27(8-6-14-55-47(52)53)38(72)62-32(19-66)42(76)58-29(17-34(49)69)40(74)63-33(20-81)43(77)60-30(45(79)80)16-24-9-11-25(68)12-10-24/h9-12,21-23,26-33,35,65-68,81H,5-8,13-20,48H2,1-4H3,(H2,49,69)(H,56,73)(H,57,75)(H,58,76)(H,59,78)(H,60,77)(H,61,70)(H,62,72)(H,63,74)(H,64,71)(H,79,80)(H4,50,51,54)(H4,52,53,55)/t22-,23+,26-,27-,28-,29-,30-,31-,32-,33-,35-/m0/s1. The first-order valence-corrected chi connectivity index (χ1v) is 26.0. The van der Waals surface area contributed by atoms with Gasteiger partial charge in [-0.2, -0.15) is 12.6 Å². The molecule has 0 heterocycles. The Morgan fingerprint density at radius 1 is 0.556 bits per heavy atom. The number of thiol groups is 1. The number of nitrogens with one attached hydrogen (secondary N) is 13. The van der Waals surface area contributed by atoms with Crippen LogP contribution in [0.15, 0.2) is 24.3 Å². The van der Waals surface area contributed by atoms with Gasteiger partial charge in [-0.05, 0) is 69.6 Å². The molecular formula is C47H79N17O16S. The van der Waals surface area contributed by atoms with Crippen LogP contribution in [0.1, 0.15) is 71.8 Å². The fourth-order valence-electron chi connectivity index (χ4n) is 7.20. The molecule has 0 saturated heterocycles. The van der Waals surface area contributed by atoms with E-state index >= 15 is 0 Å². The quantitative estimate of drug-likeness (QED) is 0.0127. The van der Waals surface area contributed by atoms with Gasteiger partial charge in [0.2, 0.25) is 59.1 Å². The van der Waals surface area contributed by atoms with E-state index < -0.39 is 163 Å². The number of amides is 10. The molecule has 0 bridgehead atoms. The average molecular weight is 1170 g/mol. The zero-order chi connectivity index (χ0) is 61.7. The molecule has 0 fully saturated rings. The van der Waals surface area contributed by atoms with Gasteiger partial charge in [-0.1, -0.05) is 26.0 Å². The molecule has 0 radical (unpaired) electrons. The van der Waals surface area contributed by atoms with Crippen LogP contribution in [-0.2, 0) is 59.2 Å². The number of carbonyl (C=O) groups excluding carboxylic acids is 10. The number of aromatic hydroxyl groups is 1. The van der Waals surface area contributed by atoms with Crippen molar-refractivity contribution in [2.24, 2.45) is 28.9 Å². The summed E-state index contributed by atoms with van der Waals surface area (Å²) in [5.41, 5.74) is 22.3. The summed E-state index contributed by atoms with van der Waals surface area (Å²) in [7, 11) is 0. The summed E-state index contributed by atoms with van der Waals surface area (Å²) >= 11 is 4.06. The Morgan fingerprint density at radius 3 is 1.47 bits per heavy atom. The first-order chi connectivity index (χ1) is 37.9. The maximum Gasteiger partial charge on any atom is 0.326 e. The van der Waals surface area contributed by atoms with E-state index in [1.165, 1.54) is 38.1 Å². The Kier molecular flexibility index (Phi) is 31.7. The Morgan fingerprint density at radius 2 is 0.988 bits per heavy atom. The number of benzene rings is 1. The van der Waals surface area contributed by atoms with Crippen molar-refractivity contribution in [3.8, 4) is 5.75 Å². The van der Waals surface area contributed by atoms with E-state index in [4.69, 9.17) is 33.8 Å². The Balaban J connectivity index is 3.21. The average Bonchev–Trinajstić information content (AvgIpc) is 3.38. The molecule has 0 saturated carbocycles. The Bertz CT molecular complexity index is 2350. The molecule has 0 aliphatic carbocycles. The van der Waals surface area contributed by atoms with E-state index in [9.17, 15) is 78.3 Å². The number of hydrogen-bond donors (Lipinski definition) is 23. The molecule has 0 aliphatic heterocycles. The van der Waals surface area contributed by atoms with E-state index in [0.29, 0.717) is 12.0 Å². The van der Waals surface area contributed by atoms with Crippen molar-refractivity contribution in [1.29, 1.82) is 10.8 Å². The number of rotatable bonds is 37. The number of primary amides is 1. The lowest BCUT2D eigenvalue weighted by molar-refractivity contribution is -0.142. The molecule has 1 aromatic rings. The van der Waals surface area contributed by atoms with Crippen LogP contribution in [0.5, 0.6) is 5.75 Å². The van der Waals surface area contributed by atoms with Crippen molar-refractivity contribution in [3.63, 3.8) is 0 Å². The predicted octanol–water partition coefficient (Wildman–Crippen LogP) is -8.53. The van der Waals surface area contributed by atoms with Gasteiger partial charge in [0.05, 0.1) is 31.8 Å². The summed E-state index contributed by atoms with van der Waals surface area (Å²) in [5, 5.41) is 90.4. The Hall–Kier alpha value is -8.08. The highest BCUT2D eigenvalue weighted by Crippen LogP contribution is 2.13. The van der Waals surface area contributed by atoms with Crippen molar-refractivity contribution >= 4 is 89.6 Å². The van der Waals surface area contributed by atoms with Crippen molar-refractivity contribution < 1.29 is 78.3 Å². The molecule has 10 amide bonds. The van der Waals surface area contributed by atoms with Crippen LogP contribution in [0.4, 0.5) is 0 Å². The number of aliphatic hydroxyl groups excluding tert-OH is 3. The molecule has 1 rings (SSSR count). The smallest absolute Gasteiger partial charge is 0.326 e. The number of carboxylic acids is 1. The number of hydrogen-bond acceptors (Lipinski definition) is 19. The molecule has 454 valence electrons. The number of phenolic OH excluding ortho intramolecular Hbond substituents is 1. The van der Waals surface area contributed by atoms with Gasteiger partial charge in [0.1, 0.15) is 60.1 Å². The van der Waals surface area contributed by atoms with Crippen molar-refractivity contribution in [1.82, 2.24) is 58.5 Å². The fourth-order valence-corrected chi connectivity index (χ4v) is 7.46. The second kappa shape index (κ2) is 36.2. The third kappa shape index (κ3) is 27.1. The second-order valence-electron chi connectivity index (χ2n) is 19.0. The van der Waals surface area contributed by atoms with Crippen LogP contribution in [0, 0.1) is 16.7 Å². The van der Waals surface area contributed by atoms with Gasteiger partial charge in [-0.25, -0.2) is 4.79 Å². The lowest BCUT2D eigenvalue weighted by Gasteiger charge is -2.27. The van der Waals surface area contributed by atoms with E-state index in [1.807, 2.05) is 0 Å². The van der Waals surface area contributed by atoms with Crippen LogP contribution in [0.2, 0.25) is 0 Å². The van der Waals surface area contributed by atoms with E-state index in [2.05, 4.69) is 71.1 Å². The van der Waals surface area contributed by atoms with Gasteiger partial charge < -0.3 is 107 Å². The minimum atomic E-state index is -1.93. The molecule has 0 aliphatic rings. The minimum Gasteiger partial charge on any atom is -0.508 e. The molecule has 81 heavy (non-hydrogen) atoms. The first kappa shape index (κ1) is 70.9. The number of aliphatic hydroxyl groups is 3. The number of carbonyl (C=O) groups is 11. The monoisotopic (exact) mass is 1170 g/mol. The predicted molar refractivity (Wildman–Crippen MR) is 292 cm³/mol. The molecule has 0 spiro atoms. The number of phenols is 1. The lowest BCUT2D eigenvalue weighted by atomic mass is 10.0. The summed E-state index contributed by atoms with van der Waals surface area (Å²) in [4.78, 5) is 145. The summed E-state index contributed by atoms with van der Waals surface area (Å²) in [5.74, 6) is -13.7. The molecule has 34 heteroatoms. The topological polar surface area (TPSA) is 573 Å². The second-order valence-corrected chi connectivity index (χ2v) is 19.4. The number of carboxylic acid groups (broad SMARTS) is 1. The van der Waals surface area contributed by atoms with Gasteiger partial charge in [0.15, 0.2) is 11.9 Å². The molecule has 0 unspecified atom stereocenters. The molecule has 0 aromatic heterocycles. The van der Waals surface area contributed by atoms with Crippen molar-refractivity contribution in [2.45, 2.75) is 139 Å². The maximum atomic E-state index is 13.8. The molecule has 26 N–H and O–H groups in total. The number of guanidine groups is 2.